The number of fused-ring (bicyclic) bond motifs is 1. The summed E-state index contributed by atoms with van der Waals surface area (Å²) < 4.78 is 11.5. The molecule has 1 N–H and O–H groups in total. The highest BCUT2D eigenvalue weighted by atomic mass is 16.6. The molecule has 1 aliphatic carbocycles. The second-order valence-electron chi connectivity index (χ2n) is 9.94. The van der Waals surface area contributed by atoms with Gasteiger partial charge in [0.15, 0.2) is 0 Å². The molecule has 5 rings (SSSR count). The molecule has 1 saturated carbocycles. The topological polar surface area (TPSA) is 72.8 Å². The lowest BCUT2D eigenvalue weighted by Crippen LogP contribution is -2.27. The predicted octanol–water partition coefficient (Wildman–Crippen LogP) is 5.60. The molecule has 36 heavy (non-hydrogen) atoms. The quantitative estimate of drug-likeness (QED) is 0.400. The minimum absolute atomic E-state index is 0.000340. The lowest BCUT2D eigenvalue weighted by atomic mass is 9.86. The summed E-state index contributed by atoms with van der Waals surface area (Å²) in [6.07, 6.45) is 2.70. The van der Waals surface area contributed by atoms with E-state index in [1.165, 1.54) is 5.56 Å². The lowest BCUT2D eigenvalue weighted by molar-refractivity contribution is -0.141. The van der Waals surface area contributed by atoms with Crippen molar-refractivity contribution in [2.75, 3.05) is 0 Å². The van der Waals surface area contributed by atoms with Gasteiger partial charge in [-0.25, -0.2) is 4.79 Å². The Morgan fingerprint density at radius 2 is 1.58 bits per heavy atom. The molecule has 5 unspecified atom stereocenters. The monoisotopic (exact) mass is 484 g/mol. The van der Waals surface area contributed by atoms with Crippen LogP contribution in [0.2, 0.25) is 0 Å². The molecule has 3 aromatic rings. The van der Waals surface area contributed by atoms with Crippen LogP contribution < -0.4 is 0 Å². The maximum absolute atomic E-state index is 13.0. The minimum atomic E-state index is -0.441. The third kappa shape index (κ3) is 5.68. The molecule has 1 heterocycles. The van der Waals surface area contributed by atoms with Gasteiger partial charge >= 0.3 is 11.9 Å². The first-order valence-electron chi connectivity index (χ1n) is 12.8. The van der Waals surface area contributed by atoms with Crippen molar-refractivity contribution < 1.29 is 24.2 Å². The number of ether oxygens (including phenoxy) is 2. The third-order valence-corrected chi connectivity index (χ3v) is 7.58. The Morgan fingerprint density at radius 3 is 2.31 bits per heavy atom. The number of rotatable bonds is 9. The Labute approximate surface area is 212 Å². The largest absolute Gasteiger partial charge is 0.462 e. The summed E-state index contributed by atoms with van der Waals surface area (Å²) in [6, 6.07) is 27.6. The fourth-order valence-electron chi connectivity index (χ4n) is 5.64. The van der Waals surface area contributed by atoms with Crippen molar-refractivity contribution in [1.82, 2.24) is 0 Å². The van der Waals surface area contributed by atoms with Gasteiger partial charge in [-0.05, 0) is 54.5 Å². The summed E-state index contributed by atoms with van der Waals surface area (Å²) in [7, 11) is 0. The van der Waals surface area contributed by atoms with E-state index in [1.807, 2.05) is 60.7 Å². The Morgan fingerprint density at radius 1 is 0.917 bits per heavy atom. The number of carbonyl (C=O) groups excluding carboxylic acids is 2. The first-order valence-corrected chi connectivity index (χ1v) is 12.8. The van der Waals surface area contributed by atoms with Gasteiger partial charge in [0.05, 0.1) is 18.1 Å². The molecule has 5 nitrogen and oxygen atoms in total. The van der Waals surface area contributed by atoms with Crippen LogP contribution in [-0.4, -0.2) is 35.4 Å². The summed E-state index contributed by atoms with van der Waals surface area (Å²) in [5, 5.41) is 10.6. The van der Waals surface area contributed by atoms with E-state index in [-0.39, 0.29) is 36.0 Å². The van der Waals surface area contributed by atoms with Gasteiger partial charge in [-0.15, -0.1) is 0 Å². The van der Waals surface area contributed by atoms with Crippen molar-refractivity contribution in [2.45, 2.75) is 56.8 Å². The maximum Gasteiger partial charge on any atom is 0.338 e. The van der Waals surface area contributed by atoms with Gasteiger partial charge in [-0.2, -0.15) is 0 Å². The zero-order valence-corrected chi connectivity index (χ0v) is 20.3. The van der Waals surface area contributed by atoms with Gasteiger partial charge in [0.2, 0.25) is 0 Å². The van der Waals surface area contributed by atoms with E-state index in [9.17, 15) is 14.7 Å². The second-order valence-corrected chi connectivity index (χ2v) is 9.94. The molecule has 5 atom stereocenters. The fraction of sp³-hybridized carbons (Fsp3) is 0.355. The molecule has 1 aliphatic heterocycles. The van der Waals surface area contributed by atoms with E-state index in [0.717, 1.165) is 17.5 Å². The average Bonchev–Trinajstić information content (AvgIpc) is 3.42. The van der Waals surface area contributed by atoms with Gasteiger partial charge in [0.25, 0.3) is 0 Å². The van der Waals surface area contributed by atoms with E-state index < -0.39 is 6.10 Å². The third-order valence-electron chi connectivity index (χ3n) is 7.58. The average molecular weight is 485 g/mol. The predicted molar refractivity (Wildman–Crippen MR) is 137 cm³/mol. The van der Waals surface area contributed by atoms with E-state index in [2.05, 4.69) is 12.1 Å². The summed E-state index contributed by atoms with van der Waals surface area (Å²) in [5.41, 5.74) is 3.84. The minimum Gasteiger partial charge on any atom is -0.462 e. The highest BCUT2D eigenvalue weighted by Crippen LogP contribution is 2.45. The highest BCUT2D eigenvalue weighted by Gasteiger charge is 2.51. The number of hydrogen-bond donors (Lipinski definition) is 1. The van der Waals surface area contributed by atoms with Crippen molar-refractivity contribution in [3.63, 3.8) is 0 Å². The molecule has 1 saturated heterocycles. The molecule has 2 fully saturated rings. The Balaban J connectivity index is 1.20. The first kappa shape index (κ1) is 24.3. The summed E-state index contributed by atoms with van der Waals surface area (Å²) in [6.45, 7) is 0. The summed E-state index contributed by atoms with van der Waals surface area (Å²) in [5.74, 6) is -0.501. The first-order chi connectivity index (χ1) is 17.6. The van der Waals surface area contributed by atoms with Crippen molar-refractivity contribution in [1.29, 1.82) is 0 Å². The number of aliphatic hydroxyl groups is 1. The van der Waals surface area contributed by atoms with Crippen LogP contribution >= 0.6 is 0 Å². The van der Waals surface area contributed by atoms with Crippen LogP contribution in [0.4, 0.5) is 0 Å². The van der Waals surface area contributed by atoms with Gasteiger partial charge in [0.1, 0.15) is 12.2 Å². The van der Waals surface area contributed by atoms with Crippen molar-refractivity contribution in [3.8, 4) is 11.1 Å². The molecule has 0 bridgehead atoms. The molecule has 0 amide bonds. The zero-order chi connectivity index (χ0) is 24.9. The van der Waals surface area contributed by atoms with Crippen molar-refractivity contribution in [2.24, 2.45) is 11.8 Å². The normalized spacial score (nSPS) is 23.6. The van der Waals surface area contributed by atoms with Gasteiger partial charge < -0.3 is 14.6 Å². The SMILES string of the molecule is O=C1CC2C(CC(OC(=O)c3ccc(-c4ccccc4)cc3)C2CCC(O)CCc2ccccc2)O1. The van der Waals surface area contributed by atoms with Crippen LogP contribution in [0.15, 0.2) is 84.9 Å². The van der Waals surface area contributed by atoms with Crippen molar-refractivity contribution in [3.05, 3.63) is 96.1 Å². The molecule has 3 aromatic carbocycles. The molecular weight excluding hydrogens is 452 g/mol. The van der Waals surface area contributed by atoms with E-state index in [4.69, 9.17) is 9.47 Å². The summed E-state index contributed by atoms with van der Waals surface area (Å²) in [4.78, 5) is 24.9. The van der Waals surface area contributed by atoms with Crippen LogP contribution in [-0.2, 0) is 20.7 Å². The molecule has 2 aliphatic rings. The smallest absolute Gasteiger partial charge is 0.338 e. The molecule has 0 radical (unpaired) electrons. The van der Waals surface area contributed by atoms with Crippen LogP contribution in [0.3, 0.4) is 0 Å². The Bertz CT molecular complexity index is 1160. The number of esters is 2. The number of aryl methyl sites for hydroxylation is 1. The van der Waals surface area contributed by atoms with Crippen LogP contribution in [0.1, 0.15) is 48.0 Å². The lowest BCUT2D eigenvalue weighted by Gasteiger charge is -2.24. The second kappa shape index (κ2) is 11.1. The fourth-order valence-corrected chi connectivity index (χ4v) is 5.64. The van der Waals surface area contributed by atoms with E-state index >= 15 is 0 Å². The molecule has 186 valence electrons. The summed E-state index contributed by atoms with van der Waals surface area (Å²) >= 11 is 0. The van der Waals surface area contributed by atoms with Crippen LogP contribution in [0.5, 0.6) is 0 Å². The van der Waals surface area contributed by atoms with Crippen LogP contribution in [0, 0.1) is 11.8 Å². The van der Waals surface area contributed by atoms with Gasteiger partial charge in [-0.1, -0.05) is 72.8 Å². The Hall–Kier alpha value is -3.44. The molecule has 5 heteroatoms. The van der Waals surface area contributed by atoms with Crippen molar-refractivity contribution >= 4 is 11.9 Å². The highest BCUT2D eigenvalue weighted by molar-refractivity contribution is 5.90. The molecule has 0 aromatic heterocycles. The maximum atomic E-state index is 13.0. The van der Waals surface area contributed by atoms with E-state index in [1.54, 1.807) is 12.1 Å². The zero-order valence-electron chi connectivity index (χ0n) is 20.3. The standard InChI is InChI=1S/C31H32O5/c32-25(16-11-21-7-3-1-4-8-21)17-18-26-27-19-30(33)35-29(27)20-28(26)36-31(34)24-14-12-23(13-15-24)22-9-5-2-6-10-22/h1-10,12-15,25-29,32H,11,16-20H2. The molecule has 0 spiro atoms. The van der Waals surface area contributed by atoms with E-state index in [0.29, 0.717) is 37.7 Å². The number of hydrogen-bond acceptors (Lipinski definition) is 5. The van der Waals surface area contributed by atoms with Crippen LogP contribution in [0.25, 0.3) is 11.1 Å². The molecular formula is C31H32O5. The number of benzene rings is 3. The van der Waals surface area contributed by atoms with Gasteiger partial charge in [-0.3, -0.25) is 4.79 Å². The Kier molecular flexibility index (Phi) is 7.47. The van der Waals surface area contributed by atoms with Gasteiger partial charge in [0, 0.05) is 18.3 Å². The number of carbonyl (C=O) groups is 2. The number of aliphatic hydroxyl groups excluding tert-OH is 1.